The Hall–Kier alpha value is -0.580. The van der Waals surface area contributed by atoms with Gasteiger partial charge in [-0.05, 0) is 33.2 Å². The van der Waals surface area contributed by atoms with Gasteiger partial charge in [0.05, 0.1) is 5.69 Å². The van der Waals surface area contributed by atoms with Gasteiger partial charge in [0.25, 0.3) is 0 Å². The van der Waals surface area contributed by atoms with E-state index < -0.39 is 0 Å². The first-order chi connectivity index (χ1) is 9.56. The highest BCUT2D eigenvalue weighted by molar-refractivity contribution is 6.30. The van der Waals surface area contributed by atoms with Crippen LogP contribution in [0.2, 0.25) is 5.15 Å². The first-order valence-corrected chi connectivity index (χ1v) is 8.10. The monoisotopic (exact) mass is 296 g/mol. The molecule has 2 atom stereocenters. The Morgan fingerprint density at radius 3 is 2.80 bits per heavy atom. The largest absolute Gasteiger partial charge is 0.298 e. The van der Waals surface area contributed by atoms with Gasteiger partial charge in [0, 0.05) is 44.3 Å². The van der Waals surface area contributed by atoms with E-state index >= 15 is 0 Å². The maximum Gasteiger partial charge on any atom is 0.131 e. The molecule has 3 rings (SSSR count). The minimum Gasteiger partial charge on any atom is -0.298 e. The van der Waals surface area contributed by atoms with Crippen molar-refractivity contribution in [1.29, 1.82) is 0 Å². The molecule has 1 aromatic heterocycles. The van der Waals surface area contributed by atoms with E-state index in [0.29, 0.717) is 6.04 Å². The topological polar surface area (TPSA) is 24.3 Å². The lowest BCUT2D eigenvalue weighted by Gasteiger charge is -2.47. The number of piperazine rings is 1. The smallest absolute Gasteiger partial charge is 0.131 e. The van der Waals surface area contributed by atoms with Gasteiger partial charge in [0.15, 0.2) is 0 Å². The second-order valence-electron chi connectivity index (χ2n) is 6.40. The van der Waals surface area contributed by atoms with Crippen LogP contribution in [0.1, 0.15) is 37.4 Å². The van der Waals surface area contributed by atoms with Crippen LogP contribution < -0.4 is 0 Å². The van der Waals surface area contributed by atoms with E-state index in [1.165, 1.54) is 44.5 Å². The number of hydrogen-bond acceptors (Lipinski definition) is 3. The highest BCUT2D eigenvalue weighted by atomic mass is 35.5. The zero-order valence-electron chi connectivity index (χ0n) is 12.8. The highest BCUT2D eigenvalue weighted by Crippen LogP contribution is 2.27. The van der Waals surface area contributed by atoms with E-state index in [4.69, 9.17) is 11.6 Å². The Balaban J connectivity index is 1.73. The first kappa shape index (κ1) is 14.4. The van der Waals surface area contributed by atoms with E-state index in [-0.39, 0.29) is 0 Å². The molecule has 0 aliphatic carbocycles. The summed E-state index contributed by atoms with van der Waals surface area (Å²) in [6.07, 6.45) is 4.11. The van der Waals surface area contributed by atoms with Crippen LogP contribution in [0.4, 0.5) is 0 Å². The first-order valence-electron chi connectivity index (χ1n) is 7.72. The summed E-state index contributed by atoms with van der Waals surface area (Å²) < 4.78 is 1.79. The molecule has 0 radical (unpaired) electrons. The molecule has 2 aliphatic heterocycles. The SMILES string of the molecule is Cc1nn(C)c(Cl)c1CN1CC2CCCCN2CC1C. The average Bonchev–Trinajstić information content (AvgIpc) is 2.66. The summed E-state index contributed by atoms with van der Waals surface area (Å²) in [6, 6.07) is 1.34. The summed E-state index contributed by atoms with van der Waals surface area (Å²) in [6.45, 7) is 8.99. The van der Waals surface area contributed by atoms with Crippen molar-refractivity contribution in [3.63, 3.8) is 0 Å². The molecular weight excluding hydrogens is 272 g/mol. The van der Waals surface area contributed by atoms with Gasteiger partial charge in [-0.15, -0.1) is 0 Å². The van der Waals surface area contributed by atoms with Crippen LogP contribution in [-0.2, 0) is 13.6 Å². The molecule has 0 spiro atoms. The van der Waals surface area contributed by atoms with Gasteiger partial charge in [-0.25, -0.2) is 0 Å². The molecule has 5 heteroatoms. The van der Waals surface area contributed by atoms with Gasteiger partial charge >= 0.3 is 0 Å². The van der Waals surface area contributed by atoms with E-state index in [0.717, 1.165) is 23.4 Å². The Morgan fingerprint density at radius 1 is 1.30 bits per heavy atom. The fraction of sp³-hybridized carbons (Fsp3) is 0.800. The zero-order valence-corrected chi connectivity index (χ0v) is 13.5. The van der Waals surface area contributed by atoms with Crippen LogP contribution in [0.25, 0.3) is 0 Å². The van der Waals surface area contributed by atoms with E-state index in [1.54, 1.807) is 4.68 Å². The summed E-state index contributed by atoms with van der Waals surface area (Å²) in [5.41, 5.74) is 2.26. The summed E-state index contributed by atoms with van der Waals surface area (Å²) in [7, 11) is 1.92. The molecule has 0 N–H and O–H groups in total. The molecule has 2 unspecified atom stereocenters. The molecule has 112 valence electrons. The third-order valence-electron chi connectivity index (χ3n) is 4.95. The zero-order chi connectivity index (χ0) is 14.3. The van der Waals surface area contributed by atoms with Crippen molar-refractivity contribution in [2.75, 3.05) is 19.6 Å². The van der Waals surface area contributed by atoms with Crippen LogP contribution in [0.5, 0.6) is 0 Å². The predicted octanol–water partition coefficient (Wildman–Crippen LogP) is 2.44. The number of halogens is 1. The van der Waals surface area contributed by atoms with Gasteiger partial charge in [-0.1, -0.05) is 18.0 Å². The van der Waals surface area contributed by atoms with Crippen molar-refractivity contribution in [1.82, 2.24) is 19.6 Å². The van der Waals surface area contributed by atoms with Crippen molar-refractivity contribution < 1.29 is 0 Å². The van der Waals surface area contributed by atoms with Gasteiger partial charge in [0.2, 0.25) is 0 Å². The summed E-state index contributed by atoms with van der Waals surface area (Å²) in [5.74, 6) is 0. The minimum absolute atomic E-state index is 0.597. The lowest BCUT2D eigenvalue weighted by molar-refractivity contribution is 0.0110. The van der Waals surface area contributed by atoms with Crippen molar-refractivity contribution in [2.45, 2.75) is 51.7 Å². The molecule has 0 bridgehead atoms. The molecular formula is C15H25ClN4. The van der Waals surface area contributed by atoms with Crippen LogP contribution in [0.15, 0.2) is 0 Å². The van der Waals surface area contributed by atoms with Gasteiger partial charge in [0.1, 0.15) is 5.15 Å². The number of fused-ring (bicyclic) bond motifs is 1. The standard InChI is InChI=1S/C15H25ClN4/c1-11-8-19-7-5-4-6-13(19)9-20(11)10-14-12(2)17-18(3)15(14)16/h11,13H,4-10H2,1-3H3. The highest BCUT2D eigenvalue weighted by Gasteiger charge is 2.33. The summed E-state index contributed by atoms with van der Waals surface area (Å²) in [5, 5.41) is 5.22. The average molecular weight is 297 g/mol. The summed E-state index contributed by atoms with van der Waals surface area (Å²) in [4.78, 5) is 5.27. The van der Waals surface area contributed by atoms with Crippen molar-refractivity contribution in [2.24, 2.45) is 7.05 Å². The molecule has 0 aromatic carbocycles. The Kier molecular flexibility index (Phi) is 4.07. The second kappa shape index (κ2) is 5.66. The second-order valence-corrected chi connectivity index (χ2v) is 6.76. The lowest BCUT2D eigenvalue weighted by Crippen LogP contribution is -2.58. The van der Waals surface area contributed by atoms with Crippen LogP contribution in [0, 0.1) is 6.92 Å². The molecule has 0 amide bonds. The molecule has 20 heavy (non-hydrogen) atoms. The van der Waals surface area contributed by atoms with Crippen LogP contribution >= 0.6 is 11.6 Å². The van der Waals surface area contributed by atoms with Crippen molar-refractivity contribution in [3.05, 3.63) is 16.4 Å². The van der Waals surface area contributed by atoms with Crippen LogP contribution in [0.3, 0.4) is 0 Å². The molecule has 2 saturated heterocycles. The molecule has 3 heterocycles. The summed E-state index contributed by atoms with van der Waals surface area (Å²) >= 11 is 6.38. The number of aryl methyl sites for hydroxylation is 2. The van der Waals surface area contributed by atoms with E-state index in [1.807, 2.05) is 7.05 Å². The van der Waals surface area contributed by atoms with Gasteiger partial charge in [-0.3, -0.25) is 14.5 Å². The maximum absolute atomic E-state index is 6.38. The van der Waals surface area contributed by atoms with E-state index in [9.17, 15) is 0 Å². The molecule has 2 fully saturated rings. The fourth-order valence-corrected chi connectivity index (χ4v) is 3.92. The maximum atomic E-state index is 6.38. The quantitative estimate of drug-likeness (QED) is 0.838. The number of hydrogen-bond donors (Lipinski definition) is 0. The molecule has 4 nitrogen and oxygen atoms in total. The third-order valence-corrected chi connectivity index (χ3v) is 5.42. The Labute approximate surface area is 126 Å². The lowest BCUT2D eigenvalue weighted by atomic mass is 9.97. The molecule has 1 aromatic rings. The van der Waals surface area contributed by atoms with Crippen LogP contribution in [-0.4, -0.2) is 51.3 Å². The number of nitrogens with zero attached hydrogens (tertiary/aromatic N) is 4. The van der Waals surface area contributed by atoms with Gasteiger partial charge in [-0.2, -0.15) is 5.10 Å². The Bertz CT molecular complexity index is 484. The number of aromatic nitrogens is 2. The minimum atomic E-state index is 0.597. The van der Waals surface area contributed by atoms with Crippen molar-refractivity contribution >= 4 is 11.6 Å². The molecule has 2 aliphatic rings. The third kappa shape index (κ3) is 2.61. The predicted molar refractivity (Wildman–Crippen MR) is 82.0 cm³/mol. The normalized spacial score (nSPS) is 28.6. The molecule has 0 saturated carbocycles. The Morgan fingerprint density at radius 2 is 2.10 bits per heavy atom. The number of rotatable bonds is 2. The van der Waals surface area contributed by atoms with Crippen molar-refractivity contribution in [3.8, 4) is 0 Å². The fourth-order valence-electron chi connectivity index (χ4n) is 3.69. The van der Waals surface area contributed by atoms with Gasteiger partial charge < -0.3 is 0 Å². The van der Waals surface area contributed by atoms with E-state index in [2.05, 4.69) is 28.7 Å². The number of piperidine rings is 1.